The van der Waals surface area contributed by atoms with Crippen LogP contribution in [0.3, 0.4) is 0 Å². The first-order valence-corrected chi connectivity index (χ1v) is 7.54. The standard InChI is InChI=1S/C14H23F3N2O/c15-14(16,17)11-4-1-3-10(9-11)13(20)19-8-6-12-5-2-7-18-12/h10-12,18H,1-9H2,(H,19,20)/t10?,11?,12-/m1/s1. The average molecular weight is 292 g/mol. The molecule has 2 unspecified atom stereocenters. The lowest BCUT2D eigenvalue weighted by molar-refractivity contribution is -0.186. The van der Waals surface area contributed by atoms with Crippen LogP contribution in [0.25, 0.3) is 0 Å². The first kappa shape index (κ1) is 15.6. The van der Waals surface area contributed by atoms with Gasteiger partial charge in [0.1, 0.15) is 0 Å². The summed E-state index contributed by atoms with van der Waals surface area (Å²) < 4.78 is 38.1. The maximum atomic E-state index is 12.7. The van der Waals surface area contributed by atoms with E-state index < -0.39 is 18.0 Å². The van der Waals surface area contributed by atoms with Gasteiger partial charge in [0, 0.05) is 18.5 Å². The van der Waals surface area contributed by atoms with E-state index in [0.29, 0.717) is 25.4 Å². The fourth-order valence-electron chi connectivity index (χ4n) is 3.24. The molecule has 2 rings (SSSR count). The summed E-state index contributed by atoms with van der Waals surface area (Å²) in [6, 6.07) is 0.449. The number of carbonyl (C=O) groups is 1. The summed E-state index contributed by atoms with van der Waals surface area (Å²) in [7, 11) is 0. The van der Waals surface area contributed by atoms with E-state index >= 15 is 0 Å². The van der Waals surface area contributed by atoms with Gasteiger partial charge in [-0.3, -0.25) is 4.79 Å². The van der Waals surface area contributed by atoms with Gasteiger partial charge in [-0.2, -0.15) is 13.2 Å². The van der Waals surface area contributed by atoms with Gasteiger partial charge < -0.3 is 10.6 Å². The van der Waals surface area contributed by atoms with Crippen molar-refractivity contribution >= 4 is 5.91 Å². The summed E-state index contributed by atoms with van der Waals surface area (Å²) in [6.07, 6.45) is 0.181. The SMILES string of the molecule is O=C(NCC[C@H]1CCCN1)C1CCCC(C(F)(F)F)C1. The number of amides is 1. The van der Waals surface area contributed by atoms with Crippen molar-refractivity contribution in [3.63, 3.8) is 0 Å². The Morgan fingerprint density at radius 1 is 1.20 bits per heavy atom. The Labute approximate surface area is 117 Å². The molecular formula is C14H23F3N2O. The van der Waals surface area contributed by atoms with Gasteiger partial charge in [-0.25, -0.2) is 0 Å². The molecule has 0 aromatic carbocycles. The summed E-state index contributed by atoms with van der Waals surface area (Å²) in [5.74, 6) is -1.97. The molecule has 6 heteroatoms. The Hall–Kier alpha value is -0.780. The third-order valence-corrected chi connectivity index (χ3v) is 4.46. The van der Waals surface area contributed by atoms with E-state index in [2.05, 4.69) is 10.6 Å². The highest BCUT2D eigenvalue weighted by Gasteiger charge is 2.43. The van der Waals surface area contributed by atoms with E-state index in [9.17, 15) is 18.0 Å². The Morgan fingerprint density at radius 3 is 2.65 bits per heavy atom. The molecule has 0 aromatic rings. The molecule has 20 heavy (non-hydrogen) atoms. The lowest BCUT2D eigenvalue weighted by Gasteiger charge is -2.29. The van der Waals surface area contributed by atoms with Crippen LogP contribution in [0.5, 0.6) is 0 Å². The average Bonchev–Trinajstić information content (AvgIpc) is 2.91. The Bertz CT molecular complexity index is 327. The number of carbonyl (C=O) groups excluding carboxylic acids is 1. The zero-order chi connectivity index (χ0) is 14.6. The highest BCUT2D eigenvalue weighted by Crippen LogP contribution is 2.39. The normalized spacial score (nSPS) is 31.2. The largest absolute Gasteiger partial charge is 0.391 e. The highest BCUT2D eigenvalue weighted by atomic mass is 19.4. The molecule has 0 spiro atoms. The second-order valence-electron chi connectivity index (χ2n) is 5.98. The van der Waals surface area contributed by atoms with Crippen LogP contribution in [-0.2, 0) is 4.79 Å². The zero-order valence-corrected chi connectivity index (χ0v) is 11.6. The van der Waals surface area contributed by atoms with Gasteiger partial charge in [-0.15, -0.1) is 0 Å². The third kappa shape index (κ3) is 4.36. The second kappa shape index (κ2) is 6.78. The smallest absolute Gasteiger partial charge is 0.356 e. The van der Waals surface area contributed by atoms with Crippen molar-refractivity contribution in [1.82, 2.24) is 10.6 Å². The predicted octanol–water partition coefficient (Wildman–Crippen LogP) is 2.61. The van der Waals surface area contributed by atoms with E-state index in [4.69, 9.17) is 0 Å². The van der Waals surface area contributed by atoms with Crippen LogP contribution in [0.1, 0.15) is 44.9 Å². The van der Waals surface area contributed by atoms with Gasteiger partial charge in [-0.05, 0) is 45.1 Å². The van der Waals surface area contributed by atoms with Gasteiger partial charge in [0.05, 0.1) is 5.92 Å². The number of hydrogen-bond acceptors (Lipinski definition) is 2. The summed E-state index contributed by atoms with van der Waals surface area (Å²) in [5, 5.41) is 6.14. The van der Waals surface area contributed by atoms with E-state index in [1.54, 1.807) is 0 Å². The van der Waals surface area contributed by atoms with Crippen molar-refractivity contribution in [2.24, 2.45) is 11.8 Å². The zero-order valence-electron chi connectivity index (χ0n) is 11.6. The number of halogens is 3. The van der Waals surface area contributed by atoms with Crippen LogP contribution < -0.4 is 10.6 Å². The van der Waals surface area contributed by atoms with E-state index in [0.717, 1.165) is 25.8 Å². The first-order valence-electron chi connectivity index (χ1n) is 7.54. The van der Waals surface area contributed by atoms with Gasteiger partial charge in [0.2, 0.25) is 5.91 Å². The molecule has 1 aliphatic heterocycles. The molecule has 3 atom stereocenters. The molecule has 1 saturated heterocycles. The Kier molecular flexibility index (Phi) is 5.29. The molecule has 1 amide bonds. The summed E-state index contributed by atoms with van der Waals surface area (Å²) >= 11 is 0. The summed E-state index contributed by atoms with van der Waals surface area (Å²) in [5.41, 5.74) is 0. The van der Waals surface area contributed by atoms with Crippen LogP contribution >= 0.6 is 0 Å². The maximum Gasteiger partial charge on any atom is 0.391 e. The van der Waals surface area contributed by atoms with Crippen molar-refractivity contribution in [1.29, 1.82) is 0 Å². The predicted molar refractivity (Wildman–Crippen MR) is 70.2 cm³/mol. The van der Waals surface area contributed by atoms with E-state index in [1.165, 1.54) is 0 Å². The van der Waals surface area contributed by atoms with Crippen molar-refractivity contribution in [3.05, 3.63) is 0 Å². The van der Waals surface area contributed by atoms with Crippen molar-refractivity contribution in [3.8, 4) is 0 Å². The number of hydrogen-bond donors (Lipinski definition) is 2. The van der Waals surface area contributed by atoms with Crippen LogP contribution in [0.2, 0.25) is 0 Å². The van der Waals surface area contributed by atoms with Gasteiger partial charge >= 0.3 is 6.18 Å². The van der Waals surface area contributed by atoms with Crippen LogP contribution in [0.15, 0.2) is 0 Å². The van der Waals surface area contributed by atoms with Crippen LogP contribution in [0, 0.1) is 11.8 Å². The van der Waals surface area contributed by atoms with Crippen molar-refractivity contribution < 1.29 is 18.0 Å². The second-order valence-corrected chi connectivity index (χ2v) is 5.98. The minimum atomic E-state index is -4.16. The first-order chi connectivity index (χ1) is 9.47. The van der Waals surface area contributed by atoms with Crippen molar-refractivity contribution in [2.45, 2.75) is 57.2 Å². The minimum Gasteiger partial charge on any atom is -0.356 e. The molecule has 2 N–H and O–H groups in total. The lowest BCUT2D eigenvalue weighted by atomic mass is 9.80. The number of nitrogens with one attached hydrogen (secondary N) is 2. The molecule has 0 radical (unpaired) electrons. The Morgan fingerprint density at radius 2 is 2.00 bits per heavy atom. The molecule has 3 nitrogen and oxygen atoms in total. The highest BCUT2D eigenvalue weighted by molar-refractivity contribution is 5.78. The van der Waals surface area contributed by atoms with Gasteiger partial charge in [0.25, 0.3) is 0 Å². The maximum absolute atomic E-state index is 12.7. The summed E-state index contributed by atoms with van der Waals surface area (Å²) in [6.45, 7) is 1.58. The van der Waals surface area contributed by atoms with E-state index in [1.807, 2.05) is 0 Å². The van der Waals surface area contributed by atoms with Gasteiger partial charge in [-0.1, -0.05) is 6.42 Å². The van der Waals surface area contributed by atoms with Crippen LogP contribution in [0.4, 0.5) is 13.2 Å². The molecular weight excluding hydrogens is 269 g/mol. The molecule has 1 aliphatic carbocycles. The summed E-state index contributed by atoms with van der Waals surface area (Å²) in [4.78, 5) is 11.9. The molecule has 0 bridgehead atoms. The number of rotatable bonds is 4. The van der Waals surface area contributed by atoms with Crippen LogP contribution in [-0.4, -0.2) is 31.2 Å². The van der Waals surface area contributed by atoms with E-state index in [-0.39, 0.29) is 18.7 Å². The van der Waals surface area contributed by atoms with Crippen molar-refractivity contribution in [2.75, 3.05) is 13.1 Å². The fraction of sp³-hybridized carbons (Fsp3) is 0.929. The number of alkyl halides is 3. The molecule has 116 valence electrons. The Balaban J connectivity index is 1.71. The topological polar surface area (TPSA) is 41.1 Å². The molecule has 1 heterocycles. The van der Waals surface area contributed by atoms with Gasteiger partial charge in [0.15, 0.2) is 0 Å². The quantitative estimate of drug-likeness (QED) is 0.836. The monoisotopic (exact) mass is 292 g/mol. The third-order valence-electron chi connectivity index (χ3n) is 4.46. The molecule has 1 saturated carbocycles. The fourth-order valence-corrected chi connectivity index (χ4v) is 3.24. The minimum absolute atomic E-state index is 0.0446. The lowest BCUT2D eigenvalue weighted by Crippen LogP contribution is -2.38. The molecule has 2 aliphatic rings. The molecule has 2 fully saturated rings. The molecule has 0 aromatic heterocycles.